The van der Waals surface area contributed by atoms with E-state index in [2.05, 4.69) is 45.0 Å². The van der Waals surface area contributed by atoms with Crippen molar-refractivity contribution >= 4 is 53.0 Å². The lowest BCUT2D eigenvalue weighted by atomic mass is 10.1. The number of amides is 3. The highest BCUT2D eigenvalue weighted by atomic mass is 32.2. The van der Waals surface area contributed by atoms with E-state index in [1.165, 1.54) is 23.5 Å². The van der Waals surface area contributed by atoms with Crippen LogP contribution in [0.25, 0.3) is 0 Å². The number of thioether (sulfide) groups is 3. The van der Waals surface area contributed by atoms with E-state index < -0.39 is 38.3 Å². The van der Waals surface area contributed by atoms with E-state index in [9.17, 15) is 14.4 Å². The Hall–Kier alpha value is -0.780. The summed E-state index contributed by atoms with van der Waals surface area (Å²) in [7, 11) is 8.77. The SMILES string of the molecule is CNCCNC(=O)[C@H](CSC(C)(C)OC)NC(=O)[C@H](CSC(C)(C)OC)NC(=O)C1(N2CCN(C)C2C)CC1SC(C)(C)OC. The molecule has 0 aromatic heterocycles. The van der Waals surface area contributed by atoms with Crippen LogP contribution in [0.5, 0.6) is 0 Å². The normalized spacial score (nSPS) is 24.3. The number of rotatable bonds is 20. The summed E-state index contributed by atoms with van der Waals surface area (Å²) < 4.78 is 16.8. The van der Waals surface area contributed by atoms with Crippen LogP contribution in [0.3, 0.4) is 0 Å². The Kier molecular flexibility index (Phi) is 15.3. The lowest BCUT2D eigenvalue weighted by Gasteiger charge is -2.35. The summed E-state index contributed by atoms with van der Waals surface area (Å²) in [5.41, 5.74) is -0.785. The van der Waals surface area contributed by atoms with Crippen LogP contribution in [-0.4, -0.2) is 144 Å². The Morgan fingerprint density at radius 1 is 0.844 bits per heavy atom. The minimum Gasteiger partial charge on any atom is -0.368 e. The number of carbonyl (C=O) groups excluding carboxylic acids is 3. The molecule has 2 fully saturated rings. The molecule has 0 spiro atoms. The molecule has 5 atom stereocenters. The molecule has 1 saturated carbocycles. The van der Waals surface area contributed by atoms with Gasteiger partial charge in [-0.2, -0.15) is 0 Å². The van der Waals surface area contributed by atoms with E-state index in [1.54, 1.807) is 33.1 Å². The Bertz CT molecular complexity index is 1010. The fourth-order valence-electron chi connectivity index (χ4n) is 4.88. The van der Waals surface area contributed by atoms with Crippen LogP contribution < -0.4 is 21.3 Å². The second-order valence-corrected chi connectivity index (χ2v) is 18.0. The third-order valence-electron chi connectivity index (χ3n) is 8.58. The van der Waals surface area contributed by atoms with Gasteiger partial charge in [-0.3, -0.25) is 24.2 Å². The number of carbonyl (C=O) groups is 3. The summed E-state index contributed by atoms with van der Waals surface area (Å²) in [5, 5.41) is 12.0. The third kappa shape index (κ3) is 11.4. The Balaban J connectivity index is 2.36. The maximum atomic E-state index is 14.4. The fraction of sp³-hybridized carbons (Fsp3) is 0.900. The fourth-order valence-corrected chi connectivity index (χ4v) is 8.27. The number of nitrogens with zero attached hydrogens (tertiary/aromatic N) is 2. The van der Waals surface area contributed by atoms with Crippen LogP contribution in [0.2, 0.25) is 0 Å². The minimum atomic E-state index is -0.904. The molecule has 3 unspecified atom stereocenters. The first-order valence-electron chi connectivity index (χ1n) is 15.5. The number of hydrogen-bond acceptors (Lipinski definition) is 12. The highest BCUT2D eigenvalue weighted by molar-refractivity contribution is 8.01. The Morgan fingerprint density at radius 3 is 1.84 bits per heavy atom. The molecule has 262 valence electrons. The Labute approximate surface area is 283 Å². The van der Waals surface area contributed by atoms with E-state index in [4.69, 9.17) is 14.2 Å². The highest BCUT2D eigenvalue weighted by Gasteiger charge is 2.67. The summed E-state index contributed by atoms with van der Waals surface area (Å²) in [5.74, 6) is -0.345. The molecule has 1 saturated heterocycles. The second-order valence-electron chi connectivity index (χ2n) is 13.0. The largest absolute Gasteiger partial charge is 0.368 e. The molecule has 3 amide bonds. The zero-order valence-electron chi connectivity index (χ0n) is 29.3. The Morgan fingerprint density at radius 2 is 1.38 bits per heavy atom. The molecule has 2 rings (SSSR count). The van der Waals surface area contributed by atoms with Gasteiger partial charge in [-0.1, -0.05) is 0 Å². The molecule has 1 aliphatic heterocycles. The van der Waals surface area contributed by atoms with E-state index in [-0.39, 0.29) is 29.0 Å². The maximum absolute atomic E-state index is 14.4. The monoisotopic (exact) mass is 694 g/mol. The smallest absolute Gasteiger partial charge is 0.244 e. The average Bonchev–Trinajstić information content (AvgIpc) is 3.59. The van der Waals surface area contributed by atoms with Gasteiger partial charge in [0.05, 0.1) is 6.17 Å². The molecule has 0 bridgehead atoms. The molecular formula is C30H58N6O6S3. The number of nitrogens with one attached hydrogen (secondary N) is 4. The molecular weight excluding hydrogens is 637 g/mol. The van der Waals surface area contributed by atoms with Gasteiger partial charge >= 0.3 is 0 Å². The van der Waals surface area contributed by atoms with Crippen LogP contribution >= 0.6 is 35.3 Å². The quantitative estimate of drug-likeness (QED) is 0.109. The van der Waals surface area contributed by atoms with Gasteiger partial charge in [-0.05, 0) is 69.0 Å². The van der Waals surface area contributed by atoms with Crippen molar-refractivity contribution in [3.63, 3.8) is 0 Å². The first-order chi connectivity index (χ1) is 20.9. The molecule has 0 aromatic carbocycles. The van der Waals surface area contributed by atoms with Gasteiger partial charge < -0.3 is 35.5 Å². The summed E-state index contributed by atoms with van der Waals surface area (Å²) in [6, 6.07) is -1.74. The summed E-state index contributed by atoms with van der Waals surface area (Å²) in [6.45, 7) is 16.4. The molecule has 4 N–H and O–H groups in total. The zero-order valence-corrected chi connectivity index (χ0v) is 31.8. The van der Waals surface area contributed by atoms with E-state index in [1.807, 2.05) is 48.6 Å². The summed E-state index contributed by atoms with van der Waals surface area (Å²) in [4.78, 5) is 44.5. The van der Waals surface area contributed by atoms with Gasteiger partial charge in [0.2, 0.25) is 17.7 Å². The zero-order chi connectivity index (χ0) is 34.2. The van der Waals surface area contributed by atoms with Gasteiger partial charge in [0.15, 0.2) is 0 Å². The molecule has 0 radical (unpaired) electrons. The lowest BCUT2D eigenvalue weighted by Crippen LogP contribution is -2.60. The van der Waals surface area contributed by atoms with Gasteiger partial charge in [0, 0.05) is 64.3 Å². The van der Waals surface area contributed by atoms with Gasteiger partial charge in [0.1, 0.15) is 32.4 Å². The van der Waals surface area contributed by atoms with Crippen molar-refractivity contribution in [2.75, 3.05) is 73.1 Å². The summed E-state index contributed by atoms with van der Waals surface area (Å²) >= 11 is 4.50. The molecule has 2 aliphatic rings. The predicted octanol–water partition coefficient (Wildman–Crippen LogP) is 1.74. The standard InChI is InChI=1S/C30H58N6O6S3/c1-20-35(9)15-16-36(20)30(17-23(30)45-29(6,7)42-12)26(39)34-22(19-44-28(4,5)41-11)25(38)33-21(18-43-27(2,3)40-10)24(37)32-14-13-31-8/h20-23,31H,13-19H2,1-12H3,(H,32,37)(H,33,38)(H,34,39)/t20?,21-,22-,23?,30?/m0/s1. The molecule has 1 heterocycles. The van der Waals surface area contributed by atoms with Crippen molar-refractivity contribution in [3.8, 4) is 0 Å². The van der Waals surface area contributed by atoms with Crippen LogP contribution in [0.4, 0.5) is 0 Å². The van der Waals surface area contributed by atoms with Crippen molar-refractivity contribution in [2.45, 2.75) is 98.7 Å². The molecule has 1 aliphatic carbocycles. The third-order valence-corrected chi connectivity index (χ3v) is 12.9. The van der Waals surface area contributed by atoms with Crippen molar-refractivity contribution in [1.82, 2.24) is 31.1 Å². The lowest BCUT2D eigenvalue weighted by molar-refractivity contribution is -0.134. The van der Waals surface area contributed by atoms with Crippen molar-refractivity contribution in [2.24, 2.45) is 0 Å². The first kappa shape index (κ1) is 40.4. The van der Waals surface area contributed by atoms with Crippen LogP contribution in [-0.2, 0) is 28.6 Å². The van der Waals surface area contributed by atoms with E-state index in [0.717, 1.165) is 13.1 Å². The molecule has 45 heavy (non-hydrogen) atoms. The van der Waals surface area contributed by atoms with Crippen LogP contribution in [0.1, 0.15) is 54.9 Å². The molecule has 15 heteroatoms. The van der Waals surface area contributed by atoms with Crippen molar-refractivity contribution in [3.05, 3.63) is 0 Å². The van der Waals surface area contributed by atoms with E-state index >= 15 is 0 Å². The minimum absolute atomic E-state index is 0.00782. The number of methoxy groups -OCH3 is 3. The number of hydrogen-bond donors (Lipinski definition) is 4. The van der Waals surface area contributed by atoms with Crippen molar-refractivity contribution in [1.29, 1.82) is 0 Å². The van der Waals surface area contributed by atoms with E-state index in [0.29, 0.717) is 25.3 Å². The van der Waals surface area contributed by atoms with Crippen molar-refractivity contribution < 1.29 is 28.6 Å². The van der Waals surface area contributed by atoms with Gasteiger partial charge in [-0.15, -0.1) is 35.3 Å². The second kappa shape index (κ2) is 17.0. The van der Waals surface area contributed by atoms with Gasteiger partial charge in [-0.25, -0.2) is 0 Å². The molecule has 0 aromatic rings. The number of ether oxygens (including phenoxy) is 3. The highest BCUT2D eigenvalue weighted by Crippen LogP contribution is 2.55. The predicted molar refractivity (Wildman–Crippen MR) is 187 cm³/mol. The maximum Gasteiger partial charge on any atom is 0.244 e. The topological polar surface area (TPSA) is 134 Å². The average molecular weight is 695 g/mol. The van der Waals surface area contributed by atoms with Crippen LogP contribution in [0.15, 0.2) is 0 Å². The van der Waals surface area contributed by atoms with Gasteiger partial charge in [0.25, 0.3) is 0 Å². The molecule has 12 nitrogen and oxygen atoms in total. The van der Waals surface area contributed by atoms with Crippen LogP contribution in [0, 0.1) is 0 Å². The number of likely N-dealkylation sites (N-methyl/N-ethyl adjacent to an activating group) is 2. The summed E-state index contributed by atoms with van der Waals surface area (Å²) in [6.07, 6.45) is 0.714. The first-order valence-corrected chi connectivity index (χ1v) is 18.4.